The monoisotopic (exact) mass is 378 g/mol. The van der Waals surface area contributed by atoms with Crippen molar-refractivity contribution >= 4 is 23.4 Å². The lowest BCUT2D eigenvalue weighted by Crippen LogP contribution is -2.40. The molecule has 1 fully saturated rings. The molecule has 1 aliphatic carbocycles. The number of carbonyl (C=O) groups excluding carboxylic acids is 3. The number of nitrogens with zero attached hydrogens (tertiary/aromatic N) is 1. The number of benzene rings is 2. The number of aryl methyl sites for hydroxylation is 1. The molecule has 0 bridgehead atoms. The Hall–Kier alpha value is -3.15. The lowest BCUT2D eigenvalue weighted by atomic mass is 9.94. The van der Waals surface area contributed by atoms with E-state index < -0.39 is 0 Å². The number of rotatable bonds is 3. The average Bonchev–Trinajstić information content (AvgIpc) is 2.94. The quantitative estimate of drug-likeness (QED) is 0.627. The molecule has 144 valence electrons. The van der Waals surface area contributed by atoms with Crippen LogP contribution in [0.15, 0.2) is 36.4 Å². The van der Waals surface area contributed by atoms with E-state index in [4.69, 9.17) is 0 Å². The van der Waals surface area contributed by atoms with E-state index in [2.05, 4.69) is 5.32 Å². The highest BCUT2D eigenvalue weighted by molar-refractivity contribution is 6.22. The molecule has 0 atom stereocenters. The van der Waals surface area contributed by atoms with Crippen molar-refractivity contribution in [3.05, 3.63) is 58.7 Å². The highest BCUT2D eigenvalue weighted by atomic mass is 16.3. The highest BCUT2D eigenvalue weighted by Crippen LogP contribution is 2.31. The van der Waals surface area contributed by atoms with Gasteiger partial charge >= 0.3 is 0 Å². The number of anilines is 1. The van der Waals surface area contributed by atoms with Gasteiger partial charge in [0.1, 0.15) is 5.75 Å². The van der Waals surface area contributed by atoms with E-state index in [1.807, 2.05) is 0 Å². The molecular formula is C22H22N2O4. The summed E-state index contributed by atoms with van der Waals surface area (Å²) in [4.78, 5) is 39.6. The van der Waals surface area contributed by atoms with Crippen LogP contribution in [-0.4, -0.2) is 33.8 Å². The Kier molecular flexibility index (Phi) is 4.63. The maximum Gasteiger partial charge on any atom is 0.261 e. The van der Waals surface area contributed by atoms with Crippen molar-refractivity contribution in [2.24, 2.45) is 0 Å². The van der Waals surface area contributed by atoms with Gasteiger partial charge in [0, 0.05) is 17.3 Å². The van der Waals surface area contributed by atoms with Crippen LogP contribution in [0.25, 0.3) is 0 Å². The number of phenolic OH excluding ortho intramolecular Hbond substituents is 1. The first-order chi connectivity index (χ1) is 13.5. The molecule has 2 aromatic rings. The second-order valence-corrected chi connectivity index (χ2v) is 7.49. The fraction of sp³-hybridized carbons (Fsp3) is 0.318. The van der Waals surface area contributed by atoms with Crippen LogP contribution in [0.2, 0.25) is 0 Å². The molecule has 28 heavy (non-hydrogen) atoms. The highest BCUT2D eigenvalue weighted by Gasteiger charge is 2.40. The van der Waals surface area contributed by atoms with Crippen molar-refractivity contribution in [1.29, 1.82) is 0 Å². The first-order valence-electron chi connectivity index (χ1n) is 9.58. The molecule has 2 N–H and O–H groups in total. The minimum absolute atomic E-state index is 0.0435. The van der Waals surface area contributed by atoms with E-state index >= 15 is 0 Å². The van der Waals surface area contributed by atoms with Crippen molar-refractivity contribution in [2.45, 2.75) is 45.1 Å². The zero-order valence-corrected chi connectivity index (χ0v) is 15.7. The molecule has 1 aliphatic heterocycles. The van der Waals surface area contributed by atoms with E-state index in [1.54, 1.807) is 31.2 Å². The summed E-state index contributed by atoms with van der Waals surface area (Å²) in [5.41, 5.74) is 2.29. The molecule has 2 aliphatic rings. The van der Waals surface area contributed by atoms with Gasteiger partial charge in [0.05, 0.1) is 11.1 Å². The largest absolute Gasteiger partial charge is 0.508 e. The Balaban J connectivity index is 1.58. The van der Waals surface area contributed by atoms with E-state index in [1.165, 1.54) is 17.0 Å². The van der Waals surface area contributed by atoms with Crippen LogP contribution in [0.3, 0.4) is 0 Å². The summed E-state index contributed by atoms with van der Waals surface area (Å²) in [6.45, 7) is 1.78. The van der Waals surface area contributed by atoms with Crippen molar-refractivity contribution < 1.29 is 19.5 Å². The fourth-order valence-corrected chi connectivity index (χ4v) is 4.05. The predicted molar refractivity (Wildman–Crippen MR) is 105 cm³/mol. The van der Waals surface area contributed by atoms with Crippen LogP contribution >= 0.6 is 0 Å². The van der Waals surface area contributed by atoms with Gasteiger partial charge in [-0.3, -0.25) is 19.3 Å². The molecule has 0 unspecified atom stereocenters. The molecule has 0 aromatic heterocycles. The number of carbonyl (C=O) groups is 3. The summed E-state index contributed by atoms with van der Waals surface area (Å²) >= 11 is 0. The number of amides is 3. The van der Waals surface area contributed by atoms with E-state index in [0.717, 1.165) is 37.7 Å². The minimum atomic E-state index is -0.368. The van der Waals surface area contributed by atoms with Crippen LogP contribution in [0.4, 0.5) is 5.69 Å². The van der Waals surface area contributed by atoms with Gasteiger partial charge in [-0.05, 0) is 61.7 Å². The van der Waals surface area contributed by atoms with Gasteiger partial charge in [0.2, 0.25) is 0 Å². The normalized spacial score (nSPS) is 17.0. The second kappa shape index (κ2) is 7.11. The summed E-state index contributed by atoms with van der Waals surface area (Å²) in [5.74, 6) is -0.802. The van der Waals surface area contributed by atoms with Gasteiger partial charge in [-0.1, -0.05) is 19.3 Å². The van der Waals surface area contributed by atoms with Crippen LogP contribution in [0.5, 0.6) is 5.75 Å². The van der Waals surface area contributed by atoms with Gasteiger partial charge < -0.3 is 10.4 Å². The van der Waals surface area contributed by atoms with Crippen LogP contribution in [0, 0.1) is 6.92 Å². The molecule has 1 heterocycles. The Bertz CT molecular complexity index is 976. The molecule has 6 nitrogen and oxygen atoms in total. The third-order valence-electron chi connectivity index (χ3n) is 5.58. The molecule has 1 saturated carbocycles. The zero-order valence-electron chi connectivity index (χ0n) is 15.7. The van der Waals surface area contributed by atoms with Gasteiger partial charge in [0.25, 0.3) is 17.7 Å². The minimum Gasteiger partial charge on any atom is -0.508 e. The Morgan fingerprint density at radius 2 is 1.71 bits per heavy atom. The number of hydrogen-bond acceptors (Lipinski definition) is 4. The Labute approximate surface area is 163 Å². The topological polar surface area (TPSA) is 86.7 Å². The first-order valence-corrected chi connectivity index (χ1v) is 9.58. The predicted octanol–water partition coefficient (Wildman–Crippen LogP) is 3.88. The molecular weight excluding hydrogens is 356 g/mol. The van der Waals surface area contributed by atoms with E-state index in [9.17, 15) is 19.5 Å². The molecule has 0 radical (unpaired) electrons. The van der Waals surface area contributed by atoms with Gasteiger partial charge in [-0.2, -0.15) is 0 Å². The van der Waals surface area contributed by atoms with E-state index in [0.29, 0.717) is 22.4 Å². The average molecular weight is 378 g/mol. The maximum atomic E-state index is 12.9. The fourth-order valence-electron chi connectivity index (χ4n) is 4.05. The third-order valence-corrected chi connectivity index (χ3v) is 5.58. The summed E-state index contributed by atoms with van der Waals surface area (Å²) in [6, 6.07) is 9.27. The van der Waals surface area contributed by atoms with Crippen LogP contribution in [0.1, 0.15) is 68.7 Å². The summed E-state index contributed by atoms with van der Waals surface area (Å²) in [7, 11) is 0. The number of hydrogen-bond donors (Lipinski definition) is 2. The molecule has 3 amide bonds. The zero-order chi connectivity index (χ0) is 19.8. The van der Waals surface area contributed by atoms with E-state index in [-0.39, 0.29) is 29.5 Å². The number of fused-ring (bicyclic) bond motifs is 1. The number of nitrogens with one attached hydrogen (secondary N) is 1. The van der Waals surface area contributed by atoms with Crippen molar-refractivity contribution in [1.82, 2.24) is 4.90 Å². The smallest absolute Gasteiger partial charge is 0.261 e. The number of imide groups is 1. The first kappa shape index (κ1) is 18.2. The number of aromatic hydroxyl groups is 1. The molecule has 2 aromatic carbocycles. The Morgan fingerprint density at radius 3 is 2.43 bits per heavy atom. The second-order valence-electron chi connectivity index (χ2n) is 7.49. The van der Waals surface area contributed by atoms with Crippen LogP contribution < -0.4 is 5.32 Å². The van der Waals surface area contributed by atoms with Crippen LogP contribution in [-0.2, 0) is 0 Å². The third kappa shape index (κ3) is 3.15. The van der Waals surface area contributed by atoms with Crippen molar-refractivity contribution in [2.75, 3.05) is 5.32 Å². The standard InChI is InChI=1S/C22H22N2O4/c1-13-11-16(25)8-10-19(13)23-20(26)14-7-9-17-18(12-14)22(28)24(21(17)27)15-5-3-2-4-6-15/h7-12,15,25H,2-6H2,1H3,(H,23,26). The SMILES string of the molecule is Cc1cc(O)ccc1NC(=O)c1ccc2c(c1)C(=O)N(C1CCCCC1)C2=O. The molecule has 0 saturated heterocycles. The molecule has 4 rings (SSSR count). The summed E-state index contributed by atoms with van der Waals surface area (Å²) in [6.07, 6.45) is 4.88. The molecule has 6 heteroatoms. The van der Waals surface area contributed by atoms with Gasteiger partial charge in [-0.25, -0.2) is 0 Å². The van der Waals surface area contributed by atoms with Crippen molar-refractivity contribution in [3.63, 3.8) is 0 Å². The summed E-state index contributed by atoms with van der Waals surface area (Å²) in [5, 5.41) is 12.3. The summed E-state index contributed by atoms with van der Waals surface area (Å²) < 4.78 is 0. The maximum absolute atomic E-state index is 12.9. The number of phenols is 1. The Morgan fingerprint density at radius 1 is 1.00 bits per heavy atom. The van der Waals surface area contributed by atoms with Crippen molar-refractivity contribution in [3.8, 4) is 5.75 Å². The van der Waals surface area contributed by atoms with Gasteiger partial charge in [0.15, 0.2) is 0 Å². The molecule has 0 spiro atoms. The lowest BCUT2D eigenvalue weighted by Gasteiger charge is -2.29. The lowest BCUT2D eigenvalue weighted by molar-refractivity contribution is 0.0549. The van der Waals surface area contributed by atoms with Gasteiger partial charge in [-0.15, -0.1) is 0 Å².